The molecule has 7 nitrogen and oxygen atoms in total. The molecule has 0 saturated carbocycles. The smallest absolute Gasteiger partial charge is 0.242 e. The highest BCUT2D eigenvalue weighted by Gasteiger charge is 2.20. The maximum atomic E-state index is 12.6. The predicted octanol–water partition coefficient (Wildman–Crippen LogP) is 3.78. The Labute approximate surface area is 197 Å². The van der Waals surface area contributed by atoms with Crippen molar-refractivity contribution < 1.29 is 22.7 Å². The van der Waals surface area contributed by atoms with Crippen LogP contribution in [0.15, 0.2) is 53.4 Å². The minimum Gasteiger partial charge on any atom is -0.492 e. The van der Waals surface area contributed by atoms with Crippen molar-refractivity contribution in [3.63, 3.8) is 0 Å². The van der Waals surface area contributed by atoms with Crippen molar-refractivity contribution in [2.45, 2.75) is 50.8 Å². The molecule has 0 saturated heterocycles. The standard InChI is InChI=1S/C25H34N2O5S/c1-19(28)20-8-14-23(15-9-20)33(30,31)27(5)17-6-7-24(29)26-16-18-32-22-12-10-21(11-13-22)25(2,3)4/h8-15H,6-7,16-18H2,1-5H3,(H,26,29). The first kappa shape index (κ1) is 26.5. The van der Waals surface area contributed by atoms with Crippen molar-refractivity contribution in [3.05, 3.63) is 59.7 Å². The van der Waals surface area contributed by atoms with E-state index in [0.29, 0.717) is 25.1 Å². The minimum absolute atomic E-state index is 0.0834. The first-order chi connectivity index (χ1) is 15.4. The molecule has 0 fully saturated rings. The number of nitrogens with one attached hydrogen (secondary N) is 1. The maximum Gasteiger partial charge on any atom is 0.242 e. The van der Waals surface area contributed by atoms with Gasteiger partial charge in [-0.2, -0.15) is 0 Å². The Morgan fingerprint density at radius 2 is 1.61 bits per heavy atom. The van der Waals surface area contributed by atoms with Crippen LogP contribution >= 0.6 is 0 Å². The van der Waals surface area contributed by atoms with E-state index in [1.165, 1.54) is 48.1 Å². The second-order valence-corrected chi connectivity index (χ2v) is 11.0. The molecule has 0 atom stereocenters. The number of ketones is 1. The number of carbonyl (C=O) groups excluding carboxylic acids is 2. The molecule has 0 aromatic heterocycles. The van der Waals surface area contributed by atoms with Gasteiger partial charge in [-0.15, -0.1) is 0 Å². The van der Waals surface area contributed by atoms with E-state index in [2.05, 4.69) is 26.1 Å². The summed E-state index contributed by atoms with van der Waals surface area (Å²) < 4.78 is 32.1. The molecular formula is C25H34N2O5S. The molecule has 1 N–H and O–H groups in total. The van der Waals surface area contributed by atoms with Crippen molar-refractivity contribution in [1.82, 2.24) is 9.62 Å². The second-order valence-electron chi connectivity index (χ2n) is 8.98. The summed E-state index contributed by atoms with van der Waals surface area (Å²) in [6, 6.07) is 13.8. The largest absolute Gasteiger partial charge is 0.492 e. The van der Waals surface area contributed by atoms with Crippen LogP contribution in [0.1, 0.15) is 56.5 Å². The minimum atomic E-state index is -3.67. The fourth-order valence-electron chi connectivity index (χ4n) is 3.12. The second kappa shape index (κ2) is 11.4. The Morgan fingerprint density at radius 1 is 1.00 bits per heavy atom. The van der Waals surface area contributed by atoms with E-state index in [0.717, 1.165) is 5.75 Å². The predicted molar refractivity (Wildman–Crippen MR) is 129 cm³/mol. The molecule has 0 spiro atoms. The van der Waals surface area contributed by atoms with Crippen LogP contribution in [-0.4, -0.2) is 51.2 Å². The normalized spacial score (nSPS) is 11.9. The van der Waals surface area contributed by atoms with E-state index in [1.54, 1.807) is 0 Å². The fraction of sp³-hybridized carbons (Fsp3) is 0.440. The molecule has 8 heteroatoms. The Balaban J connectivity index is 1.70. The lowest BCUT2D eigenvalue weighted by Crippen LogP contribution is -2.31. The van der Waals surface area contributed by atoms with Crippen LogP contribution in [0.5, 0.6) is 5.75 Å². The molecule has 0 unspecified atom stereocenters. The van der Waals surface area contributed by atoms with Gasteiger partial charge in [-0.1, -0.05) is 45.0 Å². The third-order valence-electron chi connectivity index (χ3n) is 5.26. The van der Waals surface area contributed by atoms with Crippen LogP contribution in [0.25, 0.3) is 0 Å². The van der Waals surface area contributed by atoms with E-state index >= 15 is 0 Å². The van der Waals surface area contributed by atoms with E-state index < -0.39 is 10.0 Å². The van der Waals surface area contributed by atoms with Gasteiger partial charge in [0, 0.05) is 25.6 Å². The van der Waals surface area contributed by atoms with Crippen LogP contribution in [0.4, 0.5) is 0 Å². The molecule has 0 aliphatic carbocycles. The lowest BCUT2D eigenvalue weighted by Gasteiger charge is -2.19. The number of hydrogen-bond acceptors (Lipinski definition) is 5. The van der Waals surface area contributed by atoms with Gasteiger partial charge < -0.3 is 10.1 Å². The van der Waals surface area contributed by atoms with Gasteiger partial charge in [0.2, 0.25) is 15.9 Å². The summed E-state index contributed by atoms with van der Waals surface area (Å²) in [5.74, 6) is 0.473. The molecule has 2 aromatic rings. The van der Waals surface area contributed by atoms with Crippen molar-refractivity contribution in [1.29, 1.82) is 0 Å². The fourth-order valence-corrected chi connectivity index (χ4v) is 4.33. The number of Topliss-reactive ketones (excluding diaryl/α,β-unsaturated/α-hetero) is 1. The van der Waals surface area contributed by atoms with Gasteiger partial charge in [0.15, 0.2) is 5.78 Å². The number of amides is 1. The summed E-state index contributed by atoms with van der Waals surface area (Å²) >= 11 is 0. The summed E-state index contributed by atoms with van der Waals surface area (Å²) in [4.78, 5) is 23.5. The Bertz CT molecular complexity index is 1040. The van der Waals surface area contributed by atoms with Gasteiger partial charge in [0.1, 0.15) is 12.4 Å². The number of hydrogen-bond donors (Lipinski definition) is 1. The Hall–Kier alpha value is -2.71. The molecule has 2 aromatic carbocycles. The van der Waals surface area contributed by atoms with E-state index in [4.69, 9.17) is 4.74 Å². The van der Waals surface area contributed by atoms with Crippen molar-refractivity contribution in [3.8, 4) is 5.75 Å². The summed E-state index contributed by atoms with van der Waals surface area (Å²) in [5, 5.41) is 2.79. The average molecular weight is 475 g/mol. The van der Waals surface area contributed by atoms with Gasteiger partial charge in [-0.3, -0.25) is 9.59 Å². The molecule has 0 aliphatic heterocycles. The molecule has 0 radical (unpaired) electrons. The van der Waals surface area contributed by atoms with Gasteiger partial charge in [-0.05, 0) is 48.6 Å². The Morgan fingerprint density at radius 3 is 2.15 bits per heavy atom. The summed E-state index contributed by atoms with van der Waals surface area (Å²) in [6.45, 7) is 8.81. The topological polar surface area (TPSA) is 92.8 Å². The molecule has 0 bridgehead atoms. The van der Waals surface area contributed by atoms with Crippen LogP contribution in [-0.2, 0) is 20.2 Å². The van der Waals surface area contributed by atoms with Gasteiger partial charge in [-0.25, -0.2) is 12.7 Å². The van der Waals surface area contributed by atoms with Crippen molar-refractivity contribution in [2.24, 2.45) is 0 Å². The summed E-state index contributed by atoms with van der Waals surface area (Å²) in [6.07, 6.45) is 0.603. The molecule has 2 rings (SSSR count). The number of sulfonamides is 1. The quantitative estimate of drug-likeness (QED) is 0.395. The highest BCUT2D eigenvalue weighted by molar-refractivity contribution is 7.89. The number of ether oxygens (including phenoxy) is 1. The zero-order valence-electron chi connectivity index (χ0n) is 20.1. The van der Waals surface area contributed by atoms with E-state index in [-0.39, 0.29) is 35.0 Å². The molecule has 0 heterocycles. The van der Waals surface area contributed by atoms with Gasteiger partial charge in [0.25, 0.3) is 0 Å². The first-order valence-electron chi connectivity index (χ1n) is 11.0. The SMILES string of the molecule is CC(=O)c1ccc(S(=O)(=O)N(C)CCCC(=O)NCCOc2ccc(C(C)(C)C)cc2)cc1. The monoisotopic (exact) mass is 474 g/mol. The van der Waals surface area contributed by atoms with Gasteiger partial charge >= 0.3 is 0 Å². The zero-order chi connectivity index (χ0) is 24.6. The van der Waals surface area contributed by atoms with Crippen LogP contribution in [0, 0.1) is 0 Å². The van der Waals surface area contributed by atoms with Crippen molar-refractivity contribution in [2.75, 3.05) is 26.7 Å². The summed E-state index contributed by atoms with van der Waals surface area (Å²) in [5.41, 5.74) is 1.77. The molecule has 0 aliphatic rings. The average Bonchev–Trinajstić information content (AvgIpc) is 2.76. The highest BCUT2D eigenvalue weighted by Crippen LogP contribution is 2.24. The third-order valence-corrected chi connectivity index (χ3v) is 7.13. The zero-order valence-corrected chi connectivity index (χ0v) is 20.9. The number of carbonyl (C=O) groups is 2. The van der Waals surface area contributed by atoms with Crippen LogP contribution in [0.2, 0.25) is 0 Å². The molecular weight excluding hydrogens is 440 g/mol. The Kier molecular flexibility index (Phi) is 9.19. The van der Waals surface area contributed by atoms with E-state index in [9.17, 15) is 18.0 Å². The lowest BCUT2D eigenvalue weighted by molar-refractivity contribution is -0.121. The lowest BCUT2D eigenvalue weighted by atomic mass is 9.87. The third kappa shape index (κ3) is 7.98. The maximum absolute atomic E-state index is 12.6. The number of benzene rings is 2. The molecule has 180 valence electrons. The summed E-state index contributed by atoms with van der Waals surface area (Å²) in [7, 11) is -2.20. The first-order valence-corrected chi connectivity index (χ1v) is 12.4. The molecule has 33 heavy (non-hydrogen) atoms. The number of nitrogens with zero attached hydrogens (tertiary/aromatic N) is 1. The molecule has 1 amide bonds. The van der Waals surface area contributed by atoms with E-state index in [1.807, 2.05) is 24.3 Å². The van der Waals surface area contributed by atoms with Crippen LogP contribution < -0.4 is 10.1 Å². The van der Waals surface area contributed by atoms with Crippen molar-refractivity contribution >= 4 is 21.7 Å². The van der Waals surface area contributed by atoms with Gasteiger partial charge in [0.05, 0.1) is 11.4 Å². The van der Waals surface area contributed by atoms with Crippen LogP contribution in [0.3, 0.4) is 0 Å². The number of rotatable bonds is 11. The highest BCUT2D eigenvalue weighted by atomic mass is 32.2.